The van der Waals surface area contributed by atoms with E-state index >= 15 is 0 Å². The van der Waals surface area contributed by atoms with Crippen molar-refractivity contribution < 1.29 is 4.79 Å². The van der Waals surface area contributed by atoms with Crippen molar-refractivity contribution in [2.75, 3.05) is 13.1 Å². The van der Waals surface area contributed by atoms with Crippen molar-refractivity contribution in [1.29, 1.82) is 0 Å². The molecule has 2 aliphatic rings. The number of carbonyl (C=O) groups is 1. The molecule has 0 aromatic rings. The molecule has 1 heterocycles. The molecule has 0 aromatic heterocycles. The van der Waals surface area contributed by atoms with E-state index in [0.29, 0.717) is 17.8 Å². The Bertz CT molecular complexity index is 228. The number of amides is 1. The van der Waals surface area contributed by atoms with Gasteiger partial charge in [0, 0.05) is 25.9 Å². The molecular weight excluding hydrogens is 138 g/mol. The molecule has 58 valence electrons. The van der Waals surface area contributed by atoms with Crippen molar-refractivity contribution in [3.63, 3.8) is 0 Å². The predicted octanol–water partition coefficient (Wildman–Crippen LogP) is 0.344. The van der Waals surface area contributed by atoms with Crippen LogP contribution >= 0.6 is 0 Å². The lowest BCUT2D eigenvalue weighted by Gasteiger charge is -2.15. The summed E-state index contributed by atoms with van der Waals surface area (Å²) in [4.78, 5) is 12.8. The number of carbonyl (C=O) groups excluding carboxylic acids is 1. The Hall–Kier alpha value is -0.970. The van der Waals surface area contributed by atoms with Gasteiger partial charge in [-0.05, 0) is 11.8 Å². The first kappa shape index (κ1) is 6.72. The quantitative estimate of drug-likeness (QED) is 0.455. The monoisotopic (exact) mass is 149 g/mol. The molecule has 1 saturated carbocycles. The van der Waals surface area contributed by atoms with Gasteiger partial charge in [-0.3, -0.25) is 4.79 Å². The molecule has 0 bridgehead atoms. The molecule has 11 heavy (non-hydrogen) atoms. The number of terminal acetylenes is 1. The highest BCUT2D eigenvalue weighted by Gasteiger charge is 2.55. The van der Waals surface area contributed by atoms with Gasteiger partial charge in [0.15, 0.2) is 0 Å². The lowest BCUT2D eigenvalue weighted by Crippen LogP contribution is -2.28. The number of fused-ring (bicyclic) bond motifs is 1. The van der Waals surface area contributed by atoms with Gasteiger partial charge in [-0.15, -0.1) is 12.3 Å². The fraction of sp³-hybridized carbons (Fsp3) is 0.667. The summed E-state index contributed by atoms with van der Waals surface area (Å²) in [6, 6.07) is 0. The molecule has 2 heteroatoms. The standard InChI is InChI=1S/C9H11NO/c1-3-7-8-4-10(6(2)11)5-9(7)8/h1,7-9H,4-5H2,2H3. The van der Waals surface area contributed by atoms with Crippen molar-refractivity contribution >= 4 is 5.91 Å². The van der Waals surface area contributed by atoms with Gasteiger partial charge in [0.25, 0.3) is 0 Å². The van der Waals surface area contributed by atoms with Crippen LogP contribution < -0.4 is 0 Å². The van der Waals surface area contributed by atoms with Crippen LogP contribution in [0.3, 0.4) is 0 Å². The highest BCUT2D eigenvalue weighted by atomic mass is 16.2. The summed E-state index contributed by atoms with van der Waals surface area (Å²) in [6.45, 7) is 3.42. The van der Waals surface area contributed by atoms with E-state index in [9.17, 15) is 4.79 Å². The van der Waals surface area contributed by atoms with E-state index in [-0.39, 0.29) is 5.91 Å². The zero-order chi connectivity index (χ0) is 8.01. The van der Waals surface area contributed by atoms with E-state index < -0.39 is 0 Å². The van der Waals surface area contributed by atoms with Crippen LogP contribution in [0.15, 0.2) is 0 Å². The van der Waals surface area contributed by atoms with Gasteiger partial charge in [0.05, 0.1) is 0 Å². The molecule has 1 amide bonds. The minimum atomic E-state index is 0.188. The average molecular weight is 149 g/mol. The normalized spacial score (nSPS) is 39.6. The van der Waals surface area contributed by atoms with Crippen molar-refractivity contribution in [2.24, 2.45) is 17.8 Å². The third-order valence-electron chi connectivity index (χ3n) is 2.83. The lowest BCUT2D eigenvalue weighted by atomic mass is 10.3. The Morgan fingerprint density at radius 2 is 2.09 bits per heavy atom. The van der Waals surface area contributed by atoms with Crippen LogP contribution in [0.1, 0.15) is 6.92 Å². The SMILES string of the molecule is C#CC1C2CN(C(C)=O)CC12. The molecule has 0 spiro atoms. The third kappa shape index (κ3) is 0.841. The molecule has 2 rings (SSSR count). The smallest absolute Gasteiger partial charge is 0.219 e. The van der Waals surface area contributed by atoms with Crippen molar-refractivity contribution in [3.8, 4) is 12.3 Å². The number of likely N-dealkylation sites (tertiary alicyclic amines) is 1. The van der Waals surface area contributed by atoms with Gasteiger partial charge >= 0.3 is 0 Å². The maximum absolute atomic E-state index is 10.9. The summed E-state index contributed by atoms with van der Waals surface area (Å²) in [5.41, 5.74) is 0. The number of piperidine rings is 1. The summed E-state index contributed by atoms with van der Waals surface area (Å²) in [5, 5.41) is 0. The minimum absolute atomic E-state index is 0.188. The summed E-state index contributed by atoms with van der Waals surface area (Å²) >= 11 is 0. The van der Waals surface area contributed by atoms with E-state index in [1.54, 1.807) is 6.92 Å². The molecule has 1 aliphatic carbocycles. The fourth-order valence-electron chi connectivity index (χ4n) is 2.03. The first-order valence-corrected chi connectivity index (χ1v) is 3.95. The number of nitrogens with zero attached hydrogens (tertiary/aromatic N) is 1. The second kappa shape index (κ2) is 2.01. The van der Waals surface area contributed by atoms with E-state index in [1.807, 2.05) is 4.90 Å². The Morgan fingerprint density at radius 1 is 1.55 bits per heavy atom. The molecule has 2 nitrogen and oxygen atoms in total. The lowest BCUT2D eigenvalue weighted by molar-refractivity contribution is -0.128. The van der Waals surface area contributed by atoms with Crippen LogP contribution in [0.5, 0.6) is 0 Å². The molecule has 2 atom stereocenters. The second-order valence-electron chi connectivity index (χ2n) is 3.44. The van der Waals surface area contributed by atoms with Crippen molar-refractivity contribution in [2.45, 2.75) is 6.92 Å². The molecule has 1 saturated heterocycles. The molecule has 0 N–H and O–H groups in total. The summed E-state index contributed by atoms with van der Waals surface area (Å²) < 4.78 is 0. The fourth-order valence-corrected chi connectivity index (χ4v) is 2.03. The highest BCUT2D eigenvalue weighted by molar-refractivity contribution is 5.73. The first-order valence-electron chi connectivity index (χ1n) is 3.95. The number of hydrogen-bond acceptors (Lipinski definition) is 1. The van der Waals surface area contributed by atoms with Crippen LogP contribution in [0, 0.1) is 30.1 Å². The Kier molecular flexibility index (Phi) is 1.23. The van der Waals surface area contributed by atoms with E-state index in [4.69, 9.17) is 6.42 Å². The zero-order valence-corrected chi connectivity index (χ0v) is 6.58. The largest absolute Gasteiger partial charge is 0.342 e. The summed E-state index contributed by atoms with van der Waals surface area (Å²) in [7, 11) is 0. The topological polar surface area (TPSA) is 20.3 Å². The van der Waals surface area contributed by atoms with Crippen molar-refractivity contribution in [3.05, 3.63) is 0 Å². The molecular formula is C9H11NO. The second-order valence-corrected chi connectivity index (χ2v) is 3.44. The van der Waals surface area contributed by atoms with Gasteiger partial charge in [0.1, 0.15) is 0 Å². The van der Waals surface area contributed by atoms with E-state index in [0.717, 1.165) is 13.1 Å². The predicted molar refractivity (Wildman–Crippen MR) is 41.6 cm³/mol. The van der Waals surface area contributed by atoms with Gasteiger partial charge in [0.2, 0.25) is 5.91 Å². The van der Waals surface area contributed by atoms with Crippen LogP contribution in [0.2, 0.25) is 0 Å². The van der Waals surface area contributed by atoms with Gasteiger partial charge < -0.3 is 4.90 Å². The molecule has 2 fully saturated rings. The zero-order valence-electron chi connectivity index (χ0n) is 6.58. The van der Waals surface area contributed by atoms with Gasteiger partial charge in [-0.2, -0.15) is 0 Å². The van der Waals surface area contributed by atoms with Crippen LogP contribution in [0.25, 0.3) is 0 Å². The maximum Gasteiger partial charge on any atom is 0.219 e. The minimum Gasteiger partial charge on any atom is -0.342 e. The number of rotatable bonds is 0. The Morgan fingerprint density at radius 3 is 2.45 bits per heavy atom. The van der Waals surface area contributed by atoms with Gasteiger partial charge in [-0.25, -0.2) is 0 Å². The summed E-state index contributed by atoms with van der Waals surface area (Å²) in [6.07, 6.45) is 5.29. The highest BCUT2D eigenvalue weighted by Crippen LogP contribution is 2.50. The maximum atomic E-state index is 10.9. The Balaban J connectivity index is 1.95. The molecule has 2 unspecified atom stereocenters. The third-order valence-corrected chi connectivity index (χ3v) is 2.83. The molecule has 0 aromatic carbocycles. The van der Waals surface area contributed by atoms with Crippen LogP contribution in [-0.4, -0.2) is 23.9 Å². The molecule has 0 radical (unpaired) electrons. The number of hydrogen-bond donors (Lipinski definition) is 0. The summed E-state index contributed by atoms with van der Waals surface area (Å²) in [5.74, 6) is 4.69. The van der Waals surface area contributed by atoms with Crippen LogP contribution in [0.4, 0.5) is 0 Å². The Labute approximate surface area is 66.6 Å². The van der Waals surface area contributed by atoms with Gasteiger partial charge in [-0.1, -0.05) is 0 Å². The van der Waals surface area contributed by atoms with E-state index in [1.165, 1.54) is 0 Å². The average Bonchev–Trinajstić information content (AvgIpc) is 2.41. The van der Waals surface area contributed by atoms with Crippen molar-refractivity contribution in [1.82, 2.24) is 4.90 Å². The van der Waals surface area contributed by atoms with E-state index in [2.05, 4.69) is 5.92 Å². The van der Waals surface area contributed by atoms with Crippen LogP contribution in [-0.2, 0) is 4.79 Å². The molecule has 1 aliphatic heterocycles. The first-order chi connectivity index (χ1) is 5.24.